The van der Waals surface area contributed by atoms with Gasteiger partial charge in [-0.05, 0) is 81.9 Å². The van der Waals surface area contributed by atoms with Crippen LogP contribution < -0.4 is 18.9 Å². The van der Waals surface area contributed by atoms with E-state index in [4.69, 9.17) is 18.9 Å². The zero-order valence-electron chi connectivity index (χ0n) is 27.0. The number of ether oxygens (including phenoxy) is 4. The number of aliphatic hydroxyl groups is 2. The molecule has 0 saturated heterocycles. The maximum absolute atomic E-state index is 10.5. The summed E-state index contributed by atoms with van der Waals surface area (Å²) in [7, 11) is 0. The largest absolute Gasteiger partial charge is 0.491 e. The van der Waals surface area contributed by atoms with Gasteiger partial charge in [-0.3, -0.25) is 0 Å². The SMILES string of the molecule is OC(COc1ccccc1)COc1ccc(C2(c3ccc(OCC(O)COc4ccccc4)cc3)c3ccccc3-c3ccccc32)cc1. The van der Waals surface area contributed by atoms with Gasteiger partial charge in [0.05, 0.1) is 5.41 Å². The zero-order valence-corrected chi connectivity index (χ0v) is 27.0. The van der Waals surface area contributed by atoms with E-state index < -0.39 is 17.6 Å². The molecule has 1 aliphatic rings. The van der Waals surface area contributed by atoms with E-state index in [0.29, 0.717) is 23.0 Å². The number of rotatable bonds is 14. The Balaban J connectivity index is 1.11. The van der Waals surface area contributed by atoms with Gasteiger partial charge in [-0.1, -0.05) is 109 Å². The number of fused-ring (bicyclic) bond motifs is 3. The standard InChI is InChI=1S/C43H38O6/c44-33(27-46-35-11-3-1-4-12-35)29-48-37-23-19-31(20-24-37)43(41-17-9-7-15-39(41)40-16-8-10-18-42(40)43)32-21-25-38(26-22-32)49-30-34(45)28-47-36-13-5-2-6-14-36/h1-26,33-34,44-45H,27-30H2. The van der Waals surface area contributed by atoms with Gasteiger partial charge in [0, 0.05) is 0 Å². The molecule has 6 heteroatoms. The maximum atomic E-state index is 10.5. The van der Waals surface area contributed by atoms with Crippen LogP contribution in [0.25, 0.3) is 11.1 Å². The Morgan fingerprint density at radius 2 is 0.673 bits per heavy atom. The molecule has 0 bridgehead atoms. The van der Waals surface area contributed by atoms with Crippen LogP contribution in [0.1, 0.15) is 22.3 Å². The molecule has 6 aromatic carbocycles. The zero-order chi connectivity index (χ0) is 33.5. The average Bonchev–Trinajstić information content (AvgIpc) is 3.47. The summed E-state index contributed by atoms with van der Waals surface area (Å²) in [6, 6.07) is 52.2. The first-order valence-electron chi connectivity index (χ1n) is 16.5. The molecule has 6 nitrogen and oxygen atoms in total. The van der Waals surface area contributed by atoms with Gasteiger partial charge in [-0.2, -0.15) is 0 Å². The number of benzene rings is 6. The van der Waals surface area contributed by atoms with Crippen LogP contribution in [0, 0.1) is 0 Å². The summed E-state index contributed by atoms with van der Waals surface area (Å²) in [5.41, 5.74) is 6.38. The minimum atomic E-state index is -0.780. The fraction of sp³-hybridized carbons (Fsp3) is 0.163. The Bertz CT molecular complexity index is 1800. The summed E-state index contributed by atoms with van der Waals surface area (Å²) in [5.74, 6) is 2.74. The highest BCUT2D eigenvalue weighted by atomic mass is 16.5. The molecule has 0 amide bonds. The van der Waals surface area contributed by atoms with Gasteiger partial charge < -0.3 is 29.2 Å². The normalized spacial score (nSPS) is 13.8. The van der Waals surface area contributed by atoms with Crippen LogP contribution >= 0.6 is 0 Å². The van der Waals surface area contributed by atoms with Crippen molar-refractivity contribution in [2.75, 3.05) is 26.4 Å². The van der Waals surface area contributed by atoms with Crippen molar-refractivity contribution in [2.24, 2.45) is 0 Å². The van der Waals surface area contributed by atoms with Crippen molar-refractivity contribution in [1.29, 1.82) is 0 Å². The van der Waals surface area contributed by atoms with Crippen molar-refractivity contribution in [3.63, 3.8) is 0 Å². The molecule has 0 aliphatic heterocycles. The van der Waals surface area contributed by atoms with Gasteiger partial charge in [0.1, 0.15) is 61.6 Å². The van der Waals surface area contributed by atoms with Crippen molar-refractivity contribution in [2.45, 2.75) is 17.6 Å². The van der Waals surface area contributed by atoms with Gasteiger partial charge in [0.25, 0.3) is 0 Å². The van der Waals surface area contributed by atoms with Gasteiger partial charge in [0.2, 0.25) is 0 Å². The third-order valence-corrected chi connectivity index (χ3v) is 8.78. The monoisotopic (exact) mass is 650 g/mol. The second-order valence-corrected chi connectivity index (χ2v) is 12.1. The Hall–Kier alpha value is -5.56. The third-order valence-electron chi connectivity index (χ3n) is 8.78. The molecule has 0 heterocycles. The fourth-order valence-corrected chi connectivity index (χ4v) is 6.53. The van der Waals surface area contributed by atoms with E-state index in [1.807, 2.05) is 84.9 Å². The van der Waals surface area contributed by atoms with E-state index in [0.717, 1.165) is 11.1 Å². The summed E-state index contributed by atoms with van der Waals surface area (Å²) in [6.45, 7) is 0.493. The maximum Gasteiger partial charge on any atom is 0.122 e. The van der Waals surface area contributed by atoms with Crippen molar-refractivity contribution in [3.05, 3.63) is 180 Å². The molecule has 0 spiro atoms. The summed E-state index contributed by atoms with van der Waals surface area (Å²) < 4.78 is 23.3. The number of hydrogen-bond donors (Lipinski definition) is 2. The quantitative estimate of drug-likeness (QED) is 0.126. The molecule has 2 atom stereocenters. The predicted molar refractivity (Wildman–Crippen MR) is 191 cm³/mol. The molecule has 246 valence electrons. The molecule has 0 fully saturated rings. The highest BCUT2D eigenvalue weighted by Gasteiger charge is 2.45. The van der Waals surface area contributed by atoms with E-state index in [1.165, 1.54) is 22.3 Å². The van der Waals surface area contributed by atoms with Crippen molar-refractivity contribution < 1.29 is 29.2 Å². The number of para-hydroxylation sites is 2. The number of hydrogen-bond acceptors (Lipinski definition) is 6. The molecule has 6 aromatic rings. The number of aliphatic hydroxyl groups excluding tert-OH is 2. The Labute approximate surface area is 286 Å². The van der Waals surface area contributed by atoms with Crippen LogP contribution in [0.4, 0.5) is 0 Å². The Kier molecular flexibility index (Phi) is 9.60. The summed E-state index contributed by atoms with van der Waals surface area (Å²) >= 11 is 0. The lowest BCUT2D eigenvalue weighted by Gasteiger charge is -2.34. The summed E-state index contributed by atoms with van der Waals surface area (Å²) in [5, 5.41) is 21.0. The van der Waals surface area contributed by atoms with Crippen LogP contribution in [0.15, 0.2) is 158 Å². The van der Waals surface area contributed by atoms with Crippen LogP contribution in [0.3, 0.4) is 0 Å². The van der Waals surface area contributed by atoms with Gasteiger partial charge >= 0.3 is 0 Å². The van der Waals surface area contributed by atoms with E-state index in [-0.39, 0.29) is 26.4 Å². The first-order valence-corrected chi connectivity index (χ1v) is 16.5. The second kappa shape index (κ2) is 14.7. The first kappa shape index (κ1) is 32.0. The van der Waals surface area contributed by atoms with Crippen LogP contribution in [0.5, 0.6) is 23.0 Å². The molecule has 0 saturated carbocycles. The highest BCUT2D eigenvalue weighted by molar-refractivity contribution is 5.86. The first-order chi connectivity index (χ1) is 24.1. The molecule has 2 unspecified atom stereocenters. The smallest absolute Gasteiger partial charge is 0.122 e. The van der Waals surface area contributed by atoms with E-state index >= 15 is 0 Å². The molecule has 49 heavy (non-hydrogen) atoms. The molecule has 1 aliphatic carbocycles. The molecular weight excluding hydrogens is 612 g/mol. The van der Waals surface area contributed by atoms with Crippen molar-refractivity contribution in [3.8, 4) is 34.1 Å². The highest BCUT2D eigenvalue weighted by Crippen LogP contribution is 2.56. The van der Waals surface area contributed by atoms with Crippen LogP contribution in [0.2, 0.25) is 0 Å². The fourth-order valence-electron chi connectivity index (χ4n) is 6.53. The predicted octanol–water partition coefficient (Wildman–Crippen LogP) is 7.69. The summed E-state index contributed by atoms with van der Waals surface area (Å²) in [6.07, 6.45) is -1.56. The van der Waals surface area contributed by atoms with Crippen molar-refractivity contribution >= 4 is 0 Å². The lowest BCUT2D eigenvalue weighted by Crippen LogP contribution is -2.28. The van der Waals surface area contributed by atoms with Crippen LogP contribution in [-0.2, 0) is 5.41 Å². The van der Waals surface area contributed by atoms with E-state index in [2.05, 4.69) is 72.8 Å². The van der Waals surface area contributed by atoms with E-state index in [9.17, 15) is 10.2 Å². The molecule has 2 N–H and O–H groups in total. The van der Waals surface area contributed by atoms with Crippen molar-refractivity contribution in [1.82, 2.24) is 0 Å². The van der Waals surface area contributed by atoms with E-state index in [1.54, 1.807) is 0 Å². The Morgan fingerprint density at radius 3 is 1.04 bits per heavy atom. The topological polar surface area (TPSA) is 77.4 Å². The van der Waals surface area contributed by atoms with Crippen LogP contribution in [-0.4, -0.2) is 48.8 Å². The second-order valence-electron chi connectivity index (χ2n) is 12.1. The lowest BCUT2D eigenvalue weighted by molar-refractivity contribution is 0.0626. The van der Waals surface area contributed by atoms with Gasteiger partial charge in [0.15, 0.2) is 0 Å². The molecular formula is C43H38O6. The molecule has 0 aromatic heterocycles. The average molecular weight is 651 g/mol. The van der Waals surface area contributed by atoms with Gasteiger partial charge in [-0.25, -0.2) is 0 Å². The summed E-state index contributed by atoms with van der Waals surface area (Å²) in [4.78, 5) is 0. The Morgan fingerprint density at radius 1 is 0.367 bits per heavy atom. The minimum Gasteiger partial charge on any atom is -0.491 e. The third kappa shape index (κ3) is 6.88. The molecule has 0 radical (unpaired) electrons. The lowest BCUT2D eigenvalue weighted by atomic mass is 9.68. The minimum absolute atomic E-state index is 0.109. The van der Waals surface area contributed by atoms with Gasteiger partial charge in [-0.15, -0.1) is 0 Å². The molecule has 7 rings (SSSR count).